The van der Waals surface area contributed by atoms with Crippen molar-refractivity contribution in [2.75, 3.05) is 13.7 Å². The number of aryl methyl sites for hydroxylation is 1. The highest BCUT2D eigenvalue weighted by atomic mass is 32.1. The Balaban J connectivity index is 1.62. The first-order valence-electron chi connectivity index (χ1n) is 12.4. The number of thiazole rings is 1. The molecule has 0 bridgehead atoms. The van der Waals surface area contributed by atoms with Crippen LogP contribution in [0.3, 0.4) is 0 Å². The van der Waals surface area contributed by atoms with Crippen molar-refractivity contribution >= 4 is 40.7 Å². The first kappa shape index (κ1) is 26.6. The summed E-state index contributed by atoms with van der Waals surface area (Å²) in [4.78, 5) is 44.6. The van der Waals surface area contributed by atoms with E-state index >= 15 is 0 Å². The van der Waals surface area contributed by atoms with Gasteiger partial charge in [0, 0.05) is 22.0 Å². The van der Waals surface area contributed by atoms with Crippen LogP contribution < -0.4 is 14.9 Å². The Hall–Kier alpha value is -4.02. The van der Waals surface area contributed by atoms with Crippen LogP contribution in [0.25, 0.3) is 11.8 Å². The molecule has 4 heterocycles. The van der Waals surface area contributed by atoms with Gasteiger partial charge in [-0.05, 0) is 81.1 Å². The number of thiophene rings is 1. The molecule has 0 radical (unpaired) electrons. The van der Waals surface area contributed by atoms with E-state index in [-0.39, 0.29) is 18.1 Å². The lowest BCUT2D eigenvalue weighted by Crippen LogP contribution is -2.39. The summed E-state index contributed by atoms with van der Waals surface area (Å²) in [6.45, 7) is 7.75. The van der Waals surface area contributed by atoms with Gasteiger partial charge in [-0.25, -0.2) is 14.6 Å². The first-order chi connectivity index (χ1) is 18.7. The summed E-state index contributed by atoms with van der Waals surface area (Å²) in [6.07, 6.45) is 1.88. The Kier molecular flexibility index (Phi) is 7.24. The van der Waals surface area contributed by atoms with E-state index in [9.17, 15) is 14.4 Å². The number of rotatable bonds is 6. The Bertz CT molecular complexity index is 1790. The maximum atomic E-state index is 13.8. The quantitative estimate of drug-likeness (QED) is 0.331. The van der Waals surface area contributed by atoms with Gasteiger partial charge in [-0.15, -0.1) is 11.3 Å². The van der Waals surface area contributed by atoms with Crippen LogP contribution in [-0.4, -0.2) is 34.8 Å². The number of carbonyl (C=O) groups is 2. The van der Waals surface area contributed by atoms with Crippen LogP contribution in [0.15, 0.2) is 68.9 Å². The number of fused-ring (bicyclic) bond motifs is 1. The van der Waals surface area contributed by atoms with E-state index in [0.29, 0.717) is 26.2 Å². The highest BCUT2D eigenvalue weighted by molar-refractivity contribution is 7.10. The summed E-state index contributed by atoms with van der Waals surface area (Å²) >= 11 is 2.79. The Morgan fingerprint density at radius 1 is 1.10 bits per heavy atom. The second kappa shape index (κ2) is 10.6. The van der Waals surface area contributed by atoms with Gasteiger partial charge in [-0.3, -0.25) is 9.36 Å². The maximum absolute atomic E-state index is 13.8. The van der Waals surface area contributed by atoms with Crippen LogP contribution >= 0.6 is 22.7 Å². The molecule has 39 heavy (non-hydrogen) atoms. The molecule has 3 aromatic heterocycles. The SMILES string of the molecule is CCOC(=O)C1=C(C)N=c2s/c(=C/c3cc(C)n(-c4ccc(C(=O)OC)cc4)c3C)c(=O)n2[C@H]1c1cccs1. The van der Waals surface area contributed by atoms with Crippen molar-refractivity contribution < 1.29 is 19.1 Å². The molecule has 1 aliphatic rings. The molecule has 0 saturated carbocycles. The van der Waals surface area contributed by atoms with Crippen LogP contribution in [0.5, 0.6) is 0 Å². The first-order valence-corrected chi connectivity index (χ1v) is 14.1. The third-order valence-corrected chi connectivity index (χ3v) is 8.54. The maximum Gasteiger partial charge on any atom is 0.338 e. The minimum absolute atomic E-state index is 0.210. The van der Waals surface area contributed by atoms with E-state index in [1.54, 1.807) is 30.5 Å². The van der Waals surface area contributed by atoms with Crippen molar-refractivity contribution in [3.63, 3.8) is 0 Å². The fraction of sp³-hybridized carbons (Fsp3) is 0.241. The Morgan fingerprint density at radius 3 is 2.49 bits per heavy atom. The number of benzene rings is 1. The van der Waals surface area contributed by atoms with Gasteiger partial charge in [0.05, 0.1) is 35.1 Å². The molecule has 1 aromatic carbocycles. The molecule has 0 saturated heterocycles. The molecule has 0 unspecified atom stereocenters. The van der Waals surface area contributed by atoms with Crippen molar-refractivity contribution in [2.45, 2.75) is 33.7 Å². The smallest absolute Gasteiger partial charge is 0.338 e. The van der Waals surface area contributed by atoms with Gasteiger partial charge in [0.15, 0.2) is 4.80 Å². The summed E-state index contributed by atoms with van der Waals surface area (Å²) in [5.74, 6) is -0.853. The summed E-state index contributed by atoms with van der Waals surface area (Å²) in [6, 6.07) is 12.4. The highest BCUT2D eigenvalue weighted by Gasteiger charge is 2.33. The van der Waals surface area contributed by atoms with Crippen LogP contribution in [0.1, 0.15) is 52.1 Å². The van der Waals surface area contributed by atoms with Crippen molar-refractivity contribution in [1.82, 2.24) is 9.13 Å². The van der Waals surface area contributed by atoms with E-state index in [1.807, 2.05) is 55.6 Å². The average molecular weight is 562 g/mol. The molecular formula is C29H27N3O5S2. The lowest BCUT2D eigenvalue weighted by Gasteiger charge is -2.23. The third kappa shape index (κ3) is 4.70. The zero-order valence-corrected chi connectivity index (χ0v) is 23.8. The zero-order valence-electron chi connectivity index (χ0n) is 22.2. The number of methoxy groups -OCH3 is 1. The molecular weight excluding hydrogens is 534 g/mol. The largest absolute Gasteiger partial charge is 0.465 e. The normalized spacial score (nSPS) is 15.2. The minimum atomic E-state index is -0.594. The molecule has 4 aromatic rings. The van der Waals surface area contributed by atoms with Gasteiger partial charge in [-0.1, -0.05) is 17.4 Å². The molecule has 5 rings (SSSR count). The molecule has 0 N–H and O–H groups in total. The molecule has 8 nitrogen and oxygen atoms in total. The molecule has 200 valence electrons. The fourth-order valence-electron chi connectivity index (χ4n) is 4.84. The molecule has 0 spiro atoms. The highest BCUT2D eigenvalue weighted by Crippen LogP contribution is 2.33. The van der Waals surface area contributed by atoms with Crippen LogP contribution in [0.4, 0.5) is 0 Å². The van der Waals surface area contributed by atoms with Crippen molar-refractivity contribution in [3.8, 4) is 5.69 Å². The number of nitrogens with zero attached hydrogens (tertiary/aromatic N) is 3. The predicted octanol–water partition coefficient (Wildman–Crippen LogP) is 4.05. The lowest BCUT2D eigenvalue weighted by atomic mass is 10.0. The van der Waals surface area contributed by atoms with E-state index in [1.165, 1.54) is 29.8 Å². The van der Waals surface area contributed by atoms with Gasteiger partial charge < -0.3 is 14.0 Å². The molecule has 10 heteroatoms. The van der Waals surface area contributed by atoms with Crippen molar-refractivity contribution in [3.05, 3.63) is 106 Å². The van der Waals surface area contributed by atoms with Gasteiger partial charge in [0.25, 0.3) is 5.56 Å². The van der Waals surface area contributed by atoms with Crippen LogP contribution in [0, 0.1) is 13.8 Å². The van der Waals surface area contributed by atoms with E-state index in [4.69, 9.17) is 9.47 Å². The zero-order chi connectivity index (χ0) is 27.8. The fourth-order valence-corrected chi connectivity index (χ4v) is 6.71. The number of hydrogen-bond acceptors (Lipinski definition) is 8. The van der Waals surface area contributed by atoms with Gasteiger partial charge >= 0.3 is 11.9 Å². The summed E-state index contributed by atoms with van der Waals surface area (Å²) in [5.41, 5.74) is 4.91. The third-order valence-electron chi connectivity index (χ3n) is 6.63. The van der Waals surface area contributed by atoms with Crippen LogP contribution in [0.2, 0.25) is 0 Å². The summed E-state index contributed by atoms with van der Waals surface area (Å²) in [7, 11) is 1.36. The minimum Gasteiger partial charge on any atom is -0.465 e. The van der Waals surface area contributed by atoms with Crippen molar-refractivity contribution in [2.24, 2.45) is 4.99 Å². The van der Waals surface area contributed by atoms with Crippen LogP contribution in [-0.2, 0) is 14.3 Å². The average Bonchev–Trinajstić information content (AvgIpc) is 3.62. The Labute approximate surface area is 232 Å². The van der Waals surface area contributed by atoms with Gasteiger partial charge in [0.2, 0.25) is 0 Å². The number of aromatic nitrogens is 2. The topological polar surface area (TPSA) is 91.9 Å². The summed E-state index contributed by atoms with van der Waals surface area (Å²) in [5, 5.41) is 1.93. The molecule has 0 aliphatic carbocycles. The van der Waals surface area contributed by atoms with Gasteiger partial charge in [-0.2, -0.15) is 0 Å². The standard InChI is InChI=1S/C29H27N3O5S2/c1-6-37-28(35)24-17(3)30-29-32(25(24)22-8-7-13-38-22)26(33)23(39-29)15-20-14-16(2)31(18(20)4)21-11-9-19(10-12-21)27(34)36-5/h7-15,25H,6H2,1-5H3/b23-15+/t25-/m0/s1. The second-order valence-corrected chi connectivity index (χ2v) is 11.0. The lowest BCUT2D eigenvalue weighted by molar-refractivity contribution is -0.139. The number of esters is 2. The van der Waals surface area contributed by atoms with E-state index in [2.05, 4.69) is 9.56 Å². The molecule has 0 fully saturated rings. The number of allylic oxidation sites excluding steroid dienone is 1. The number of hydrogen-bond donors (Lipinski definition) is 0. The molecule has 1 aliphatic heterocycles. The predicted molar refractivity (Wildman–Crippen MR) is 151 cm³/mol. The number of ether oxygens (including phenoxy) is 2. The molecule has 1 atom stereocenters. The Morgan fingerprint density at radius 2 is 1.85 bits per heavy atom. The molecule has 0 amide bonds. The van der Waals surface area contributed by atoms with Crippen molar-refractivity contribution in [1.29, 1.82) is 0 Å². The van der Waals surface area contributed by atoms with E-state index in [0.717, 1.165) is 27.5 Å². The second-order valence-electron chi connectivity index (χ2n) is 9.02. The van der Waals surface area contributed by atoms with Gasteiger partial charge in [0.1, 0.15) is 6.04 Å². The number of carbonyl (C=O) groups excluding carboxylic acids is 2. The van der Waals surface area contributed by atoms with E-state index < -0.39 is 12.0 Å². The summed E-state index contributed by atoms with van der Waals surface area (Å²) < 4.78 is 14.3. The monoisotopic (exact) mass is 561 g/mol.